The Hall–Kier alpha value is -1.89. The molecule has 0 fully saturated rings. The summed E-state index contributed by atoms with van der Waals surface area (Å²) >= 11 is 0. The maximum Gasteiger partial charge on any atom is 0.355 e. The molecule has 1 heterocycles. The zero-order valence-corrected chi connectivity index (χ0v) is 11.4. The molecular weight excluding hydrogens is 250 g/mol. The molecule has 0 saturated heterocycles. The molecule has 0 atom stereocenters. The zero-order valence-electron chi connectivity index (χ0n) is 11.4. The van der Waals surface area contributed by atoms with E-state index in [4.69, 9.17) is 4.74 Å². The molecule has 2 N–H and O–H groups in total. The minimum Gasteiger partial charge on any atom is -0.461 e. The largest absolute Gasteiger partial charge is 0.461 e. The normalized spacial score (nSPS) is 10.7. The van der Waals surface area contributed by atoms with Gasteiger partial charge in [-0.1, -0.05) is 13.8 Å². The van der Waals surface area contributed by atoms with Gasteiger partial charge in [0.25, 0.3) is 5.56 Å². The Morgan fingerprint density at radius 2 is 1.79 bits per heavy atom. The first-order valence-electron chi connectivity index (χ1n) is 6.28. The number of H-pyrrole nitrogens is 2. The van der Waals surface area contributed by atoms with Crippen molar-refractivity contribution >= 4 is 5.97 Å². The number of esters is 1. The van der Waals surface area contributed by atoms with E-state index >= 15 is 0 Å². The smallest absolute Gasteiger partial charge is 0.355 e. The molecule has 0 bridgehead atoms. The van der Waals surface area contributed by atoms with Gasteiger partial charge in [0.1, 0.15) is 5.69 Å². The number of nitrogens with one attached hydrogen (secondary N) is 2. The molecule has 0 saturated carbocycles. The summed E-state index contributed by atoms with van der Waals surface area (Å²) in [4.78, 5) is 41.3. The van der Waals surface area contributed by atoms with E-state index in [0.717, 1.165) is 13.1 Å². The standard InChI is InChI=1S/C12H19N3O4/c1-4-15(5-2)7-8-9(11(17)19-6-3)13-12(18)14-10(8)16/h4-7H2,1-3H3,(H2,13,14,16,18). The fourth-order valence-corrected chi connectivity index (χ4v) is 1.71. The topological polar surface area (TPSA) is 95.3 Å². The monoisotopic (exact) mass is 269 g/mol. The fraction of sp³-hybridized carbons (Fsp3) is 0.583. The highest BCUT2D eigenvalue weighted by Crippen LogP contribution is 2.05. The van der Waals surface area contributed by atoms with Crippen molar-refractivity contribution in [1.82, 2.24) is 14.9 Å². The van der Waals surface area contributed by atoms with Gasteiger partial charge in [-0.3, -0.25) is 14.7 Å². The second kappa shape index (κ2) is 6.89. The first-order valence-corrected chi connectivity index (χ1v) is 6.28. The second-order valence-corrected chi connectivity index (χ2v) is 3.94. The molecule has 0 unspecified atom stereocenters. The predicted octanol–water partition coefficient (Wildman–Crippen LogP) is 0.0817. The molecule has 0 aromatic carbocycles. The first kappa shape index (κ1) is 15.2. The van der Waals surface area contributed by atoms with Crippen molar-refractivity contribution in [3.63, 3.8) is 0 Å². The van der Waals surface area contributed by atoms with Crippen LogP contribution in [0.15, 0.2) is 9.59 Å². The first-order chi connectivity index (χ1) is 9.03. The summed E-state index contributed by atoms with van der Waals surface area (Å²) in [5.74, 6) is -0.687. The van der Waals surface area contributed by atoms with Crippen molar-refractivity contribution in [1.29, 1.82) is 0 Å². The number of aromatic amines is 2. The van der Waals surface area contributed by atoms with Crippen LogP contribution >= 0.6 is 0 Å². The van der Waals surface area contributed by atoms with Crippen LogP contribution in [0.25, 0.3) is 0 Å². The quantitative estimate of drug-likeness (QED) is 0.713. The van der Waals surface area contributed by atoms with Gasteiger partial charge in [-0.2, -0.15) is 0 Å². The summed E-state index contributed by atoms with van der Waals surface area (Å²) in [6, 6.07) is 0. The Morgan fingerprint density at radius 3 is 2.32 bits per heavy atom. The lowest BCUT2D eigenvalue weighted by Crippen LogP contribution is -2.34. The van der Waals surface area contributed by atoms with Gasteiger partial charge in [0, 0.05) is 6.54 Å². The zero-order chi connectivity index (χ0) is 14.4. The molecule has 0 amide bonds. The summed E-state index contributed by atoms with van der Waals surface area (Å²) in [7, 11) is 0. The Morgan fingerprint density at radius 1 is 1.16 bits per heavy atom. The van der Waals surface area contributed by atoms with E-state index in [1.807, 2.05) is 18.7 Å². The van der Waals surface area contributed by atoms with Crippen LogP contribution in [0.4, 0.5) is 0 Å². The molecule has 0 aliphatic carbocycles. The fourth-order valence-electron chi connectivity index (χ4n) is 1.71. The van der Waals surface area contributed by atoms with Gasteiger partial charge >= 0.3 is 11.7 Å². The molecule has 0 radical (unpaired) electrons. The van der Waals surface area contributed by atoms with E-state index in [0.29, 0.717) is 0 Å². The number of hydrogen-bond acceptors (Lipinski definition) is 5. The molecule has 1 aromatic rings. The minimum absolute atomic E-state index is 0.0671. The molecule has 1 aromatic heterocycles. The van der Waals surface area contributed by atoms with Crippen LogP contribution in [-0.2, 0) is 11.3 Å². The van der Waals surface area contributed by atoms with E-state index in [-0.39, 0.29) is 24.4 Å². The predicted molar refractivity (Wildman–Crippen MR) is 70.3 cm³/mol. The van der Waals surface area contributed by atoms with Crippen LogP contribution in [0.1, 0.15) is 36.8 Å². The number of carbonyl (C=O) groups excluding carboxylic acids is 1. The molecule has 7 nitrogen and oxygen atoms in total. The van der Waals surface area contributed by atoms with Crippen molar-refractivity contribution in [2.45, 2.75) is 27.3 Å². The van der Waals surface area contributed by atoms with E-state index in [2.05, 4.69) is 9.97 Å². The third kappa shape index (κ3) is 3.78. The van der Waals surface area contributed by atoms with Gasteiger partial charge in [-0.15, -0.1) is 0 Å². The third-order valence-electron chi connectivity index (χ3n) is 2.80. The van der Waals surface area contributed by atoms with Crippen LogP contribution in [0, 0.1) is 0 Å². The average Bonchev–Trinajstić information content (AvgIpc) is 2.37. The van der Waals surface area contributed by atoms with Gasteiger partial charge in [0.2, 0.25) is 0 Å². The molecule has 0 aliphatic rings. The lowest BCUT2D eigenvalue weighted by molar-refractivity contribution is 0.0515. The van der Waals surface area contributed by atoms with E-state index in [1.54, 1.807) is 6.92 Å². The van der Waals surface area contributed by atoms with Crippen LogP contribution < -0.4 is 11.2 Å². The van der Waals surface area contributed by atoms with Gasteiger partial charge in [-0.25, -0.2) is 9.59 Å². The number of carbonyl (C=O) groups is 1. The van der Waals surface area contributed by atoms with Gasteiger partial charge < -0.3 is 9.72 Å². The van der Waals surface area contributed by atoms with Crippen LogP contribution in [-0.4, -0.2) is 40.5 Å². The van der Waals surface area contributed by atoms with Crippen molar-refractivity contribution in [3.8, 4) is 0 Å². The Kier molecular flexibility index (Phi) is 5.50. The molecule has 19 heavy (non-hydrogen) atoms. The van der Waals surface area contributed by atoms with Crippen molar-refractivity contribution in [2.75, 3.05) is 19.7 Å². The highest BCUT2D eigenvalue weighted by molar-refractivity contribution is 5.88. The van der Waals surface area contributed by atoms with Crippen molar-refractivity contribution in [2.24, 2.45) is 0 Å². The SMILES string of the molecule is CCOC(=O)c1[nH]c(=O)[nH]c(=O)c1CN(CC)CC. The summed E-state index contributed by atoms with van der Waals surface area (Å²) < 4.78 is 4.85. The highest BCUT2D eigenvalue weighted by atomic mass is 16.5. The second-order valence-electron chi connectivity index (χ2n) is 3.94. The van der Waals surface area contributed by atoms with Crippen molar-refractivity contribution < 1.29 is 9.53 Å². The average molecular weight is 269 g/mol. The Labute approximate surface area is 110 Å². The van der Waals surface area contributed by atoms with Crippen LogP contribution in [0.5, 0.6) is 0 Å². The van der Waals surface area contributed by atoms with Crippen molar-refractivity contribution in [3.05, 3.63) is 32.1 Å². The van der Waals surface area contributed by atoms with E-state index in [9.17, 15) is 14.4 Å². The van der Waals surface area contributed by atoms with E-state index in [1.165, 1.54) is 0 Å². The van der Waals surface area contributed by atoms with Gasteiger partial charge in [-0.05, 0) is 20.0 Å². The molecule has 1 rings (SSSR count). The van der Waals surface area contributed by atoms with Gasteiger partial charge in [0.05, 0.1) is 12.2 Å². The number of hydrogen-bond donors (Lipinski definition) is 2. The maximum absolute atomic E-state index is 11.8. The summed E-state index contributed by atoms with van der Waals surface area (Å²) in [5.41, 5.74) is -1.11. The molecule has 0 aliphatic heterocycles. The lowest BCUT2D eigenvalue weighted by Gasteiger charge is -2.18. The minimum atomic E-state index is -0.712. The maximum atomic E-state index is 11.8. The number of nitrogens with zero attached hydrogens (tertiary/aromatic N) is 1. The molecule has 0 spiro atoms. The highest BCUT2D eigenvalue weighted by Gasteiger charge is 2.19. The summed E-state index contributed by atoms with van der Waals surface area (Å²) in [6.07, 6.45) is 0. The summed E-state index contributed by atoms with van der Waals surface area (Å²) in [5, 5.41) is 0. The third-order valence-corrected chi connectivity index (χ3v) is 2.80. The number of ether oxygens (including phenoxy) is 1. The lowest BCUT2D eigenvalue weighted by atomic mass is 10.2. The summed E-state index contributed by atoms with van der Waals surface area (Å²) in [6.45, 7) is 7.49. The van der Waals surface area contributed by atoms with E-state index < -0.39 is 17.2 Å². The Bertz CT molecular complexity index is 543. The molecule has 106 valence electrons. The molecular formula is C12H19N3O4. The van der Waals surface area contributed by atoms with Crippen LogP contribution in [0.3, 0.4) is 0 Å². The van der Waals surface area contributed by atoms with Gasteiger partial charge in [0.15, 0.2) is 0 Å². The molecule has 7 heteroatoms. The number of rotatable bonds is 6. The Balaban J connectivity index is 3.24. The van der Waals surface area contributed by atoms with Crippen LogP contribution in [0.2, 0.25) is 0 Å². The number of aromatic nitrogens is 2.